The number of carbonyl (C=O) groups excluding carboxylic acids is 8. The Morgan fingerprint density at radius 2 is 0.967 bits per heavy atom. The number of hydrogen-bond donors (Lipinski definition) is 3. The molecule has 3 N–H and O–H groups in total. The van der Waals surface area contributed by atoms with Gasteiger partial charge in [0.1, 0.15) is 13.1 Å². The number of anilines is 1. The Morgan fingerprint density at radius 3 is 1.53 bits per heavy atom. The number of imide groups is 2. The summed E-state index contributed by atoms with van der Waals surface area (Å²) in [5.41, 5.74) is -0.998. The number of hydrogen-bond acceptors (Lipinski definition) is 11. The topological polar surface area (TPSA) is 248 Å². The second kappa shape index (κ2) is 18.5. The number of amides is 8. The summed E-state index contributed by atoms with van der Waals surface area (Å²) in [5.74, 6) is 1.11. The third kappa shape index (κ3) is 9.59. The number of benzene rings is 2. The lowest BCUT2D eigenvalue weighted by Gasteiger charge is -2.26. The van der Waals surface area contributed by atoms with Gasteiger partial charge in [0.2, 0.25) is 23.6 Å². The molecule has 3 aromatic rings. The SMILES string of the molecule is O=C(CCC(=O)N1Cc2ccccc2C#Cc2ccccc21)NCCn1c(=O)n(CC(=O)NCCN2C(=O)C=CC2=O)c(=O)n(CC(=O)NCCN2C(=O)C=CC2=O)c1=O. The molecule has 0 saturated carbocycles. The highest BCUT2D eigenvalue weighted by atomic mass is 16.2. The fourth-order valence-electron chi connectivity index (χ4n) is 6.42. The lowest BCUT2D eigenvalue weighted by Crippen LogP contribution is -2.57. The molecule has 0 atom stereocenters. The molecule has 3 aliphatic rings. The van der Waals surface area contributed by atoms with E-state index in [2.05, 4.69) is 27.8 Å². The van der Waals surface area contributed by atoms with Crippen molar-refractivity contribution in [2.75, 3.05) is 37.6 Å². The van der Waals surface area contributed by atoms with Gasteiger partial charge in [-0.25, -0.2) is 28.1 Å². The highest BCUT2D eigenvalue weighted by molar-refractivity contribution is 6.13. The van der Waals surface area contributed by atoms with Gasteiger partial charge in [0, 0.05) is 87.5 Å². The zero-order valence-electron chi connectivity index (χ0n) is 31.9. The average molecular weight is 820 g/mol. The average Bonchev–Trinajstić information content (AvgIpc) is 3.73. The van der Waals surface area contributed by atoms with Gasteiger partial charge in [0.15, 0.2) is 0 Å². The van der Waals surface area contributed by atoms with Crippen LogP contribution in [-0.4, -0.2) is 103 Å². The van der Waals surface area contributed by atoms with Crippen LogP contribution in [0.4, 0.5) is 5.69 Å². The van der Waals surface area contributed by atoms with E-state index in [9.17, 15) is 52.7 Å². The number of fused-ring (bicyclic) bond motifs is 2. The molecular weight excluding hydrogens is 782 g/mol. The molecular formula is C40H37N9O11. The Labute approximate surface area is 339 Å². The maximum atomic E-state index is 13.6. The van der Waals surface area contributed by atoms with Gasteiger partial charge in [0.25, 0.3) is 23.6 Å². The number of nitrogens with zero attached hydrogens (tertiary/aromatic N) is 6. The lowest BCUT2D eigenvalue weighted by molar-refractivity contribution is -0.138. The van der Waals surface area contributed by atoms with Gasteiger partial charge in [0.05, 0.1) is 12.2 Å². The van der Waals surface area contributed by atoms with Crippen LogP contribution in [0.25, 0.3) is 0 Å². The van der Waals surface area contributed by atoms with E-state index >= 15 is 0 Å². The van der Waals surface area contributed by atoms with Gasteiger partial charge in [-0.05, 0) is 23.8 Å². The molecule has 20 heteroatoms. The van der Waals surface area contributed by atoms with Crippen molar-refractivity contribution in [3.05, 3.63) is 121 Å². The number of carbonyl (C=O) groups is 8. The van der Waals surface area contributed by atoms with Crippen LogP contribution in [0.3, 0.4) is 0 Å². The summed E-state index contributed by atoms with van der Waals surface area (Å²) < 4.78 is 1.34. The lowest BCUT2D eigenvalue weighted by atomic mass is 10.0. The molecule has 6 rings (SSSR count). The summed E-state index contributed by atoms with van der Waals surface area (Å²) in [5, 5.41) is 7.31. The van der Waals surface area contributed by atoms with Crippen molar-refractivity contribution in [1.82, 2.24) is 39.5 Å². The minimum absolute atomic E-state index is 0.204. The molecule has 0 saturated heterocycles. The Bertz CT molecular complexity index is 2490. The first-order valence-electron chi connectivity index (χ1n) is 18.6. The predicted molar refractivity (Wildman–Crippen MR) is 209 cm³/mol. The van der Waals surface area contributed by atoms with Crippen LogP contribution in [0.1, 0.15) is 29.5 Å². The van der Waals surface area contributed by atoms with Crippen LogP contribution in [0, 0.1) is 11.8 Å². The zero-order valence-corrected chi connectivity index (χ0v) is 31.9. The van der Waals surface area contributed by atoms with Crippen LogP contribution in [-0.2, 0) is 64.5 Å². The van der Waals surface area contributed by atoms with Gasteiger partial charge >= 0.3 is 17.1 Å². The Balaban J connectivity index is 1.12. The smallest absolute Gasteiger partial charge is 0.337 e. The quantitative estimate of drug-likeness (QED) is 0.0977. The largest absolute Gasteiger partial charge is 0.354 e. The number of aromatic nitrogens is 3. The summed E-state index contributed by atoms with van der Waals surface area (Å²) in [4.78, 5) is 143. The minimum Gasteiger partial charge on any atom is -0.354 e. The molecule has 8 amide bonds. The maximum Gasteiger partial charge on any atom is 0.337 e. The molecule has 0 spiro atoms. The third-order valence-corrected chi connectivity index (χ3v) is 9.50. The highest BCUT2D eigenvalue weighted by Gasteiger charge is 2.26. The molecule has 0 unspecified atom stereocenters. The Morgan fingerprint density at radius 1 is 0.517 bits per heavy atom. The van der Waals surface area contributed by atoms with E-state index in [1.165, 1.54) is 0 Å². The van der Waals surface area contributed by atoms with Crippen LogP contribution < -0.4 is 37.9 Å². The van der Waals surface area contributed by atoms with Crippen molar-refractivity contribution in [1.29, 1.82) is 0 Å². The van der Waals surface area contributed by atoms with Crippen molar-refractivity contribution < 1.29 is 38.4 Å². The van der Waals surface area contributed by atoms with E-state index in [1.54, 1.807) is 29.2 Å². The number of rotatable bonds is 16. The van der Waals surface area contributed by atoms with Crippen molar-refractivity contribution >= 4 is 52.9 Å². The normalized spacial score (nSPS) is 14.0. The summed E-state index contributed by atoms with van der Waals surface area (Å²) >= 11 is 0. The van der Waals surface area contributed by atoms with Crippen LogP contribution in [0.2, 0.25) is 0 Å². The highest BCUT2D eigenvalue weighted by Crippen LogP contribution is 2.26. The second-order valence-electron chi connectivity index (χ2n) is 13.4. The van der Waals surface area contributed by atoms with Gasteiger partial charge in [-0.2, -0.15) is 0 Å². The summed E-state index contributed by atoms with van der Waals surface area (Å²) in [6, 6.07) is 14.5. The van der Waals surface area contributed by atoms with Crippen LogP contribution in [0.5, 0.6) is 0 Å². The molecule has 0 aliphatic carbocycles. The summed E-state index contributed by atoms with van der Waals surface area (Å²) in [7, 11) is 0. The maximum absolute atomic E-state index is 13.6. The van der Waals surface area contributed by atoms with E-state index < -0.39 is 78.1 Å². The van der Waals surface area contributed by atoms with Crippen LogP contribution >= 0.6 is 0 Å². The van der Waals surface area contributed by atoms with Gasteiger partial charge < -0.3 is 20.9 Å². The van der Waals surface area contributed by atoms with E-state index in [0.29, 0.717) is 25.0 Å². The molecule has 60 heavy (non-hydrogen) atoms. The first-order valence-corrected chi connectivity index (χ1v) is 18.6. The number of nitrogens with one attached hydrogen (secondary N) is 3. The molecule has 0 bridgehead atoms. The third-order valence-electron chi connectivity index (χ3n) is 9.50. The molecule has 3 aliphatic heterocycles. The number of para-hydroxylation sites is 1. The minimum atomic E-state index is -1.32. The van der Waals surface area contributed by atoms with Gasteiger partial charge in [-0.3, -0.25) is 48.2 Å². The molecule has 0 fully saturated rings. The van der Waals surface area contributed by atoms with Gasteiger partial charge in [-0.15, -0.1) is 0 Å². The van der Waals surface area contributed by atoms with Crippen molar-refractivity contribution in [3.8, 4) is 11.8 Å². The van der Waals surface area contributed by atoms with Crippen LogP contribution in [0.15, 0.2) is 87.2 Å². The van der Waals surface area contributed by atoms with E-state index in [0.717, 1.165) is 45.2 Å². The molecule has 4 heterocycles. The molecule has 1 aromatic heterocycles. The molecule has 308 valence electrons. The summed E-state index contributed by atoms with van der Waals surface area (Å²) in [6.45, 7) is -3.40. The van der Waals surface area contributed by atoms with Crippen molar-refractivity contribution in [2.24, 2.45) is 0 Å². The monoisotopic (exact) mass is 819 g/mol. The predicted octanol–water partition coefficient (Wildman–Crippen LogP) is -2.90. The van der Waals surface area contributed by atoms with Crippen molar-refractivity contribution in [3.63, 3.8) is 0 Å². The Kier molecular flexibility index (Phi) is 12.9. The van der Waals surface area contributed by atoms with Crippen molar-refractivity contribution in [2.45, 2.75) is 39.0 Å². The van der Waals surface area contributed by atoms with Gasteiger partial charge in [-0.1, -0.05) is 42.2 Å². The van der Waals surface area contributed by atoms with E-state index in [4.69, 9.17) is 0 Å². The first kappa shape index (κ1) is 41.7. The molecule has 2 aromatic carbocycles. The summed E-state index contributed by atoms with van der Waals surface area (Å²) in [6.07, 6.45) is 3.76. The first-order chi connectivity index (χ1) is 28.8. The zero-order chi connectivity index (χ0) is 42.9. The van der Waals surface area contributed by atoms with E-state index in [1.807, 2.05) is 24.3 Å². The second-order valence-corrected chi connectivity index (χ2v) is 13.4. The fourth-order valence-corrected chi connectivity index (χ4v) is 6.42. The fraction of sp³-hybridized carbons (Fsp3) is 0.275. The van der Waals surface area contributed by atoms with E-state index in [-0.39, 0.29) is 58.0 Å². The standard InChI is InChI=1S/C40H37N9O11/c50-30(11-12-37(57)47-23-28-7-2-1-5-26(28)9-10-27-6-3-4-8-29(27)47)41-19-22-46-38(58)48(24-31(51)42-17-20-44-33(53)13-14-34(44)54)40(60)49(39(46)59)25-32(52)43-18-21-45-35(55)15-16-36(45)56/h1-8,13-16H,11-12,17-25H2,(H,41,50)(H,42,51)(H,43,52). The molecule has 20 nitrogen and oxygen atoms in total. The molecule has 0 radical (unpaired) electrons. The Hall–Kier alpha value is -7.95.